The lowest BCUT2D eigenvalue weighted by Crippen LogP contribution is -2.35. The van der Waals surface area contributed by atoms with Crippen LogP contribution in [0.15, 0.2) is 61.2 Å². The van der Waals surface area contributed by atoms with Crippen molar-refractivity contribution < 1.29 is 9.59 Å². The van der Waals surface area contributed by atoms with E-state index in [1.807, 2.05) is 31.2 Å². The summed E-state index contributed by atoms with van der Waals surface area (Å²) in [6, 6.07) is 18.3. The molecule has 0 saturated carbocycles. The average Bonchev–Trinajstić information content (AvgIpc) is 4.05. The van der Waals surface area contributed by atoms with Gasteiger partial charge >= 0.3 is 0 Å². The normalized spacial score (nSPS) is 15.0. The monoisotopic (exact) mass is 912 g/mol. The zero-order valence-electron chi connectivity index (χ0n) is 37.6. The topological polar surface area (TPSA) is 129 Å². The first-order valence-electron chi connectivity index (χ1n) is 22.0. The van der Waals surface area contributed by atoms with Crippen LogP contribution in [0.3, 0.4) is 0 Å². The zero-order valence-corrected chi connectivity index (χ0v) is 40.9. The van der Waals surface area contributed by atoms with Crippen LogP contribution >= 0.6 is 45.3 Å². The van der Waals surface area contributed by atoms with Gasteiger partial charge < -0.3 is 21.7 Å². The molecule has 2 aliphatic heterocycles. The van der Waals surface area contributed by atoms with Gasteiger partial charge in [0.2, 0.25) is 11.8 Å². The number of carbonyl (C=O) groups is 2. The Balaban J connectivity index is 0.000000189. The Morgan fingerprint density at radius 2 is 1.21 bits per heavy atom. The average molecular weight is 913 g/mol. The number of benzene rings is 2. The van der Waals surface area contributed by atoms with Crippen LogP contribution < -0.4 is 21.7 Å². The molecule has 0 aliphatic carbocycles. The Morgan fingerprint density at radius 3 is 1.63 bits per heavy atom. The molecule has 0 fully saturated rings. The van der Waals surface area contributed by atoms with Crippen molar-refractivity contribution in [2.24, 2.45) is 5.73 Å². The first-order valence-corrected chi connectivity index (χ1v) is 25.3. The Bertz CT molecular complexity index is 2380. The summed E-state index contributed by atoms with van der Waals surface area (Å²) in [5, 5.41) is 13.5. The smallest absolute Gasteiger partial charge is 0.248 e. The summed E-state index contributed by atoms with van der Waals surface area (Å²) in [5.41, 5.74) is 12.3. The SMILES string of the molecule is C=CC(=O)Nc1sc2c(c1-c1nc3ccccc3s1)CCN(C(C)C)C2.CCC(C)N.CCC(C)NCCC(=O)Nc1sc2c(c1-c1nc3ccccc3s1)CCN(C(C)C)C2. The predicted molar refractivity (Wildman–Crippen MR) is 268 cm³/mol. The van der Waals surface area contributed by atoms with Crippen molar-refractivity contribution in [3.8, 4) is 21.1 Å². The Kier molecular flexibility index (Phi) is 17.0. The molecule has 2 unspecified atom stereocenters. The lowest BCUT2D eigenvalue weighted by Gasteiger charge is -2.30. The molecule has 5 N–H and O–H groups in total. The van der Waals surface area contributed by atoms with E-state index in [2.05, 4.69) is 105 Å². The van der Waals surface area contributed by atoms with Gasteiger partial charge in [0, 0.05) is 84.2 Å². The third kappa shape index (κ3) is 11.8. The predicted octanol–water partition coefficient (Wildman–Crippen LogP) is 11.2. The van der Waals surface area contributed by atoms with Crippen LogP contribution in [0.2, 0.25) is 0 Å². The molecule has 0 saturated heterocycles. The van der Waals surface area contributed by atoms with Gasteiger partial charge in [-0.1, -0.05) is 44.7 Å². The highest BCUT2D eigenvalue weighted by molar-refractivity contribution is 7.23. The summed E-state index contributed by atoms with van der Waals surface area (Å²) in [6.45, 7) is 25.6. The summed E-state index contributed by atoms with van der Waals surface area (Å²) in [5.74, 6) is -0.107. The number of para-hydroxylation sites is 2. The molecule has 6 heterocycles. The quantitative estimate of drug-likeness (QED) is 0.0844. The molecule has 2 aromatic carbocycles. The molecule has 8 rings (SSSR count). The van der Waals surface area contributed by atoms with Gasteiger partial charge in [-0.3, -0.25) is 19.4 Å². The van der Waals surface area contributed by atoms with Gasteiger partial charge in [0.05, 0.1) is 20.4 Å². The second-order valence-corrected chi connectivity index (χ2v) is 20.9. The first-order chi connectivity index (χ1) is 29.8. The first kappa shape index (κ1) is 47.6. The van der Waals surface area contributed by atoms with Gasteiger partial charge in [-0.2, -0.15) is 0 Å². The second-order valence-electron chi connectivity index (χ2n) is 16.7. The molecule has 2 aliphatic rings. The minimum absolute atomic E-state index is 0.0671. The summed E-state index contributed by atoms with van der Waals surface area (Å²) < 4.78 is 2.36. The van der Waals surface area contributed by atoms with Crippen molar-refractivity contribution in [2.45, 2.75) is 125 Å². The van der Waals surface area contributed by atoms with E-state index in [0.717, 1.165) is 94.0 Å². The maximum absolute atomic E-state index is 12.8. The highest BCUT2D eigenvalue weighted by Gasteiger charge is 2.30. The maximum atomic E-state index is 12.8. The lowest BCUT2D eigenvalue weighted by atomic mass is 10.0. The minimum atomic E-state index is -0.174. The van der Waals surface area contributed by atoms with Crippen molar-refractivity contribution in [3.63, 3.8) is 0 Å². The molecule has 10 nitrogen and oxygen atoms in total. The number of nitrogens with two attached hydrogens (primary N) is 1. The molecule has 6 aromatic rings. The molecule has 4 aromatic heterocycles. The number of thiazole rings is 2. The number of aromatic nitrogens is 2. The van der Waals surface area contributed by atoms with Crippen LogP contribution in [-0.2, 0) is 35.5 Å². The van der Waals surface area contributed by atoms with Crippen molar-refractivity contribution in [2.75, 3.05) is 30.3 Å². The van der Waals surface area contributed by atoms with Crippen LogP contribution in [0.4, 0.5) is 10.0 Å². The largest absolute Gasteiger partial charge is 0.328 e. The summed E-state index contributed by atoms with van der Waals surface area (Å²) in [6.07, 6.45) is 5.93. The lowest BCUT2D eigenvalue weighted by molar-refractivity contribution is -0.116. The van der Waals surface area contributed by atoms with E-state index in [9.17, 15) is 9.59 Å². The summed E-state index contributed by atoms with van der Waals surface area (Å²) in [7, 11) is 0. The number of hydrogen-bond acceptors (Lipinski definition) is 12. The van der Waals surface area contributed by atoms with Gasteiger partial charge in [0.25, 0.3) is 0 Å². The standard InChI is InChI=1S/C24H32N4OS2.C20H21N3OS2.C4H11N/c1-5-16(4)25-12-10-21(29)27-24-22(23-26-18-8-6-7-9-19(18)30-23)17-11-13-28(15(2)3)14-20(17)31-24;1-4-17(24)22-20-18(19-21-14-7-5-6-8-15(14)25-19)13-9-10-23(12(2)3)11-16(13)26-20;1-3-4(2)5/h6-9,15-16,25H,5,10-14H2,1-4H3,(H,27,29);4-8,12H,1,9-11H2,2-3H3,(H,22,24);4H,3,5H2,1-2H3. The van der Waals surface area contributed by atoms with E-state index >= 15 is 0 Å². The molecule has 332 valence electrons. The van der Waals surface area contributed by atoms with Crippen LogP contribution in [-0.4, -0.2) is 75.4 Å². The van der Waals surface area contributed by atoms with Crippen LogP contribution in [0.25, 0.3) is 41.6 Å². The Hall–Kier alpha value is -3.86. The fraction of sp³-hybridized carbons (Fsp3) is 0.458. The van der Waals surface area contributed by atoms with Gasteiger partial charge in [-0.15, -0.1) is 45.3 Å². The molecule has 62 heavy (non-hydrogen) atoms. The Labute approximate surface area is 384 Å². The second kappa shape index (κ2) is 22.2. The van der Waals surface area contributed by atoms with Gasteiger partial charge in [0.15, 0.2) is 0 Å². The van der Waals surface area contributed by atoms with Crippen molar-refractivity contribution in [1.29, 1.82) is 0 Å². The number of anilines is 2. The van der Waals surface area contributed by atoms with Gasteiger partial charge in [-0.25, -0.2) is 9.97 Å². The van der Waals surface area contributed by atoms with Crippen molar-refractivity contribution in [3.05, 3.63) is 82.1 Å². The molecule has 14 heteroatoms. The third-order valence-corrected chi connectivity index (χ3v) is 15.8. The number of nitrogens with zero attached hydrogens (tertiary/aromatic N) is 4. The van der Waals surface area contributed by atoms with Crippen LogP contribution in [0.1, 0.15) is 95.5 Å². The number of thiophene rings is 2. The molecular weight excluding hydrogens is 849 g/mol. The highest BCUT2D eigenvalue weighted by atomic mass is 32.1. The van der Waals surface area contributed by atoms with Crippen LogP contribution in [0.5, 0.6) is 0 Å². The molecule has 2 amide bonds. The number of carbonyl (C=O) groups excluding carboxylic acids is 2. The molecule has 0 bridgehead atoms. The Morgan fingerprint density at radius 1 is 0.742 bits per heavy atom. The third-order valence-electron chi connectivity index (χ3n) is 11.4. The van der Waals surface area contributed by atoms with E-state index in [4.69, 9.17) is 15.7 Å². The number of amides is 2. The van der Waals surface area contributed by atoms with E-state index in [-0.39, 0.29) is 11.8 Å². The number of nitrogens with one attached hydrogen (secondary N) is 3. The van der Waals surface area contributed by atoms with Crippen LogP contribution in [0, 0.1) is 0 Å². The van der Waals surface area contributed by atoms with E-state index in [0.29, 0.717) is 37.1 Å². The highest BCUT2D eigenvalue weighted by Crippen LogP contribution is 2.47. The zero-order chi connectivity index (χ0) is 44.5. The van der Waals surface area contributed by atoms with E-state index in [1.54, 1.807) is 45.3 Å². The molecule has 0 spiro atoms. The summed E-state index contributed by atoms with van der Waals surface area (Å²) in [4.78, 5) is 42.2. The summed E-state index contributed by atoms with van der Waals surface area (Å²) >= 11 is 6.82. The van der Waals surface area contributed by atoms with Crippen molar-refractivity contribution in [1.82, 2.24) is 25.1 Å². The minimum Gasteiger partial charge on any atom is -0.328 e. The molecular formula is C48H64N8O2S4. The van der Waals surface area contributed by atoms with E-state index in [1.165, 1.54) is 36.4 Å². The fourth-order valence-electron chi connectivity index (χ4n) is 7.24. The number of hydrogen-bond donors (Lipinski definition) is 4. The molecule has 2 atom stereocenters. The van der Waals surface area contributed by atoms with E-state index < -0.39 is 0 Å². The van der Waals surface area contributed by atoms with Gasteiger partial charge in [0.1, 0.15) is 20.0 Å². The fourth-order valence-corrected chi connectivity index (χ4v) is 12.0. The molecule has 0 radical (unpaired) electrons. The van der Waals surface area contributed by atoms with Crippen molar-refractivity contribution >= 4 is 87.6 Å². The maximum Gasteiger partial charge on any atom is 0.248 e. The number of fused-ring (bicyclic) bond motifs is 4. The van der Waals surface area contributed by atoms with Gasteiger partial charge in [-0.05, 0) is 109 Å². The number of rotatable bonds is 13.